The van der Waals surface area contributed by atoms with E-state index >= 15 is 0 Å². The zero-order chi connectivity index (χ0) is 11.4. The Bertz CT molecular complexity index is 456. The molecule has 0 bridgehead atoms. The van der Waals surface area contributed by atoms with Crippen LogP contribution in [0.4, 0.5) is 0 Å². The first-order valence-electron chi connectivity index (χ1n) is 5.16. The van der Waals surface area contributed by atoms with E-state index in [4.69, 9.17) is 17.3 Å². The molecule has 3 heteroatoms. The average Bonchev–Trinajstić information content (AvgIpc) is 2.31. The first-order valence-corrected chi connectivity index (χ1v) is 5.54. The number of nitrogens with two attached hydrogens (primary N) is 1. The van der Waals surface area contributed by atoms with Crippen LogP contribution in [0.25, 0.3) is 0 Å². The topological polar surface area (TPSA) is 38.9 Å². The van der Waals surface area contributed by atoms with Gasteiger partial charge in [0.1, 0.15) is 0 Å². The SMILES string of the molecule is NCC(c1ccncc1)c1cccc(Cl)c1. The van der Waals surface area contributed by atoms with Crippen LogP contribution in [0.2, 0.25) is 5.02 Å². The van der Waals surface area contributed by atoms with Crippen LogP contribution >= 0.6 is 11.6 Å². The minimum absolute atomic E-state index is 0.182. The molecule has 0 fully saturated rings. The number of aromatic nitrogens is 1. The van der Waals surface area contributed by atoms with Gasteiger partial charge in [-0.2, -0.15) is 0 Å². The fourth-order valence-electron chi connectivity index (χ4n) is 1.78. The van der Waals surface area contributed by atoms with E-state index in [9.17, 15) is 0 Å². The Hall–Kier alpha value is -1.38. The monoisotopic (exact) mass is 232 g/mol. The quantitative estimate of drug-likeness (QED) is 0.884. The molecular formula is C13H13ClN2. The fraction of sp³-hybridized carbons (Fsp3) is 0.154. The molecule has 1 aromatic carbocycles. The molecule has 2 aromatic rings. The van der Waals surface area contributed by atoms with Crippen molar-refractivity contribution in [2.24, 2.45) is 5.73 Å². The van der Waals surface area contributed by atoms with Crippen molar-refractivity contribution in [1.29, 1.82) is 0 Å². The van der Waals surface area contributed by atoms with Crippen LogP contribution < -0.4 is 5.73 Å². The summed E-state index contributed by atoms with van der Waals surface area (Å²) in [6.45, 7) is 0.560. The molecule has 2 nitrogen and oxygen atoms in total. The molecule has 16 heavy (non-hydrogen) atoms. The second kappa shape index (κ2) is 5.10. The van der Waals surface area contributed by atoms with Crippen molar-refractivity contribution in [2.75, 3.05) is 6.54 Å². The van der Waals surface area contributed by atoms with Gasteiger partial charge < -0.3 is 5.73 Å². The number of hydrogen-bond acceptors (Lipinski definition) is 2. The number of nitrogens with zero attached hydrogens (tertiary/aromatic N) is 1. The van der Waals surface area contributed by atoms with E-state index in [1.54, 1.807) is 12.4 Å². The Morgan fingerprint density at radius 3 is 2.50 bits per heavy atom. The number of pyridine rings is 1. The van der Waals surface area contributed by atoms with E-state index in [1.807, 2.05) is 36.4 Å². The van der Waals surface area contributed by atoms with Crippen molar-refractivity contribution in [3.05, 3.63) is 64.9 Å². The molecule has 82 valence electrons. The van der Waals surface area contributed by atoms with E-state index in [0.29, 0.717) is 6.54 Å². The van der Waals surface area contributed by atoms with Crippen LogP contribution in [0.15, 0.2) is 48.8 Å². The molecular weight excluding hydrogens is 220 g/mol. The van der Waals surface area contributed by atoms with E-state index in [1.165, 1.54) is 5.56 Å². The standard InChI is InChI=1S/C13H13ClN2/c14-12-3-1-2-11(8-12)13(9-15)10-4-6-16-7-5-10/h1-8,13H,9,15H2. The van der Waals surface area contributed by atoms with E-state index in [0.717, 1.165) is 10.6 Å². The minimum Gasteiger partial charge on any atom is -0.330 e. The van der Waals surface area contributed by atoms with Gasteiger partial charge in [0, 0.05) is 29.9 Å². The highest BCUT2D eigenvalue weighted by Gasteiger charge is 2.11. The summed E-state index contributed by atoms with van der Waals surface area (Å²) in [6.07, 6.45) is 3.56. The van der Waals surface area contributed by atoms with Gasteiger partial charge in [0.2, 0.25) is 0 Å². The van der Waals surface area contributed by atoms with Gasteiger partial charge in [-0.05, 0) is 35.4 Å². The average molecular weight is 233 g/mol. The van der Waals surface area contributed by atoms with Crippen molar-refractivity contribution in [2.45, 2.75) is 5.92 Å². The Morgan fingerprint density at radius 1 is 1.12 bits per heavy atom. The lowest BCUT2D eigenvalue weighted by Crippen LogP contribution is -2.13. The van der Waals surface area contributed by atoms with Crippen LogP contribution in [0, 0.1) is 0 Å². The summed E-state index contributed by atoms with van der Waals surface area (Å²) in [7, 11) is 0. The molecule has 0 spiro atoms. The van der Waals surface area contributed by atoms with Gasteiger partial charge in [-0.15, -0.1) is 0 Å². The molecule has 1 heterocycles. The summed E-state index contributed by atoms with van der Waals surface area (Å²) in [6, 6.07) is 11.8. The molecule has 0 aliphatic carbocycles. The number of hydrogen-bond donors (Lipinski definition) is 1. The van der Waals surface area contributed by atoms with Gasteiger partial charge >= 0.3 is 0 Å². The summed E-state index contributed by atoms with van der Waals surface area (Å²) in [5.74, 6) is 0.182. The Labute approximate surface area is 100 Å². The van der Waals surface area contributed by atoms with Crippen LogP contribution in [0.3, 0.4) is 0 Å². The summed E-state index contributed by atoms with van der Waals surface area (Å²) in [4.78, 5) is 4.01. The smallest absolute Gasteiger partial charge is 0.0408 e. The fourth-order valence-corrected chi connectivity index (χ4v) is 1.98. The predicted molar refractivity (Wildman–Crippen MR) is 66.6 cm³/mol. The molecule has 0 aliphatic rings. The Morgan fingerprint density at radius 2 is 1.88 bits per heavy atom. The lowest BCUT2D eigenvalue weighted by molar-refractivity contribution is 0.817. The van der Waals surface area contributed by atoms with Crippen molar-refractivity contribution >= 4 is 11.6 Å². The summed E-state index contributed by atoms with van der Waals surface area (Å²) in [5.41, 5.74) is 8.13. The number of rotatable bonds is 3. The summed E-state index contributed by atoms with van der Waals surface area (Å²) < 4.78 is 0. The van der Waals surface area contributed by atoms with Crippen molar-refractivity contribution in [1.82, 2.24) is 4.98 Å². The first kappa shape index (κ1) is 11.1. The third-order valence-corrected chi connectivity index (χ3v) is 2.83. The normalized spacial score (nSPS) is 12.4. The van der Waals surface area contributed by atoms with Crippen LogP contribution in [-0.4, -0.2) is 11.5 Å². The summed E-state index contributed by atoms with van der Waals surface area (Å²) >= 11 is 5.98. The molecule has 0 radical (unpaired) electrons. The highest BCUT2D eigenvalue weighted by atomic mass is 35.5. The van der Waals surface area contributed by atoms with Crippen LogP contribution in [-0.2, 0) is 0 Å². The maximum absolute atomic E-state index is 5.98. The highest BCUT2D eigenvalue weighted by molar-refractivity contribution is 6.30. The lowest BCUT2D eigenvalue weighted by Gasteiger charge is -2.15. The molecule has 0 saturated carbocycles. The minimum atomic E-state index is 0.182. The molecule has 0 saturated heterocycles. The van der Waals surface area contributed by atoms with Gasteiger partial charge in [-0.3, -0.25) is 4.98 Å². The van der Waals surface area contributed by atoms with Crippen LogP contribution in [0.1, 0.15) is 17.0 Å². The van der Waals surface area contributed by atoms with E-state index < -0.39 is 0 Å². The van der Waals surface area contributed by atoms with Crippen molar-refractivity contribution in [3.63, 3.8) is 0 Å². The zero-order valence-corrected chi connectivity index (χ0v) is 9.56. The maximum Gasteiger partial charge on any atom is 0.0408 e. The van der Waals surface area contributed by atoms with Gasteiger partial charge in [0.25, 0.3) is 0 Å². The molecule has 0 amide bonds. The van der Waals surface area contributed by atoms with E-state index in [2.05, 4.69) is 4.98 Å². The Balaban J connectivity index is 2.37. The summed E-state index contributed by atoms with van der Waals surface area (Å²) in [5, 5.41) is 0.741. The number of halogens is 1. The third-order valence-electron chi connectivity index (χ3n) is 2.60. The largest absolute Gasteiger partial charge is 0.330 e. The molecule has 1 atom stereocenters. The second-order valence-corrected chi connectivity index (χ2v) is 4.06. The molecule has 1 aromatic heterocycles. The van der Waals surface area contributed by atoms with Gasteiger partial charge in [-0.1, -0.05) is 23.7 Å². The first-order chi connectivity index (χ1) is 7.81. The molecule has 2 rings (SSSR count). The molecule has 2 N–H and O–H groups in total. The third kappa shape index (κ3) is 2.40. The van der Waals surface area contributed by atoms with Gasteiger partial charge in [-0.25, -0.2) is 0 Å². The lowest BCUT2D eigenvalue weighted by atomic mass is 9.92. The zero-order valence-electron chi connectivity index (χ0n) is 8.81. The maximum atomic E-state index is 5.98. The number of benzene rings is 1. The predicted octanol–water partition coefficient (Wildman–Crippen LogP) is 2.83. The second-order valence-electron chi connectivity index (χ2n) is 3.62. The van der Waals surface area contributed by atoms with E-state index in [-0.39, 0.29) is 5.92 Å². The van der Waals surface area contributed by atoms with Gasteiger partial charge in [0.05, 0.1) is 0 Å². The van der Waals surface area contributed by atoms with Crippen molar-refractivity contribution < 1.29 is 0 Å². The highest BCUT2D eigenvalue weighted by Crippen LogP contribution is 2.25. The van der Waals surface area contributed by atoms with Crippen molar-refractivity contribution in [3.8, 4) is 0 Å². The molecule has 0 aliphatic heterocycles. The van der Waals surface area contributed by atoms with Crippen LogP contribution in [0.5, 0.6) is 0 Å². The Kier molecular flexibility index (Phi) is 3.54. The van der Waals surface area contributed by atoms with Gasteiger partial charge in [0.15, 0.2) is 0 Å². The molecule has 1 unspecified atom stereocenters.